The number of carbonyl (C=O) groups is 3. The molecule has 1 aliphatic heterocycles. The Hall–Kier alpha value is -2.17. The van der Waals surface area contributed by atoms with Crippen LogP contribution in [-0.2, 0) is 9.59 Å². The minimum atomic E-state index is -0.769. The number of urea groups is 1. The molecule has 5 heteroatoms. The summed E-state index contributed by atoms with van der Waals surface area (Å²) in [6.07, 6.45) is 0. The molecule has 1 aromatic carbocycles. The summed E-state index contributed by atoms with van der Waals surface area (Å²) in [6, 6.07) is 7.93. The second kappa shape index (κ2) is 3.77. The molecule has 0 aromatic heterocycles. The van der Waals surface area contributed by atoms with Crippen LogP contribution in [-0.4, -0.2) is 36.2 Å². The first-order valence-corrected chi connectivity index (χ1v) is 4.78. The lowest BCUT2D eigenvalue weighted by atomic mass is 10.2. The van der Waals surface area contributed by atoms with E-state index < -0.39 is 17.7 Å². The molecule has 1 fully saturated rings. The highest BCUT2D eigenvalue weighted by Crippen LogP contribution is 2.18. The van der Waals surface area contributed by atoms with Crippen LogP contribution >= 0.6 is 0 Å². The van der Waals surface area contributed by atoms with Gasteiger partial charge in [-0.3, -0.25) is 9.59 Å². The number of ketones is 1. The van der Waals surface area contributed by atoms with Gasteiger partial charge in [-0.05, 0) is 12.1 Å². The molecule has 1 heterocycles. The fourth-order valence-corrected chi connectivity index (χ4v) is 1.54. The molecule has 82 valence electrons. The van der Waals surface area contributed by atoms with E-state index in [2.05, 4.69) is 0 Å². The van der Waals surface area contributed by atoms with Gasteiger partial charge in [-0.25, -0.2) is 9.69 Å². The van der Waals surface area contributed by atoms with Crippen LogP contribution < -0.4 is 4.90 Å². The normalized spacial score (nSPS) is 16.9. The van der Waals surface area contributed by atoms with Crippen LogP contribution in [0.25, 0.3) is 0 Å². The molecule has 1 aliphatic rings. The Balaban J connectivity index is 2.41. The summed E-state index contributed by atoms with van der Waals surface area (Å²) in [4.78, 5) is 36.8. The molecule has 2 rings (SSSR count). The van der Waals surface area contributed by atoms with E-state index in [9.17, 15) is 14.4 Å². The molecule has 0 aliphatic carbocycles. The van der Waals surface area contributed by atoms with E-state index in [1.165, 1.54) is 11.9 Å². The minimum Gasteiger partial charge on any atom is -0.319 e. The Morgan fingerprint density at radius 1 is 1.06 bits per heavy atom. The van der Waals surface area contributed by atoms with Gasteiger partial charge in [0.1, 0.15) is 0 Å². The number of likely N-dealkylation sites (N-methyl/N-ethyl adjacent to an activating group) is 1. The fraction of sp³-hybridized carbons (Fsp3) is 0.182. The molecule has 0 bridgehead atoms. The second-order valence-corrected chi connectivity index (χ2v) is 3.54. The highest BCUT2D eigenvalue weighted by atomic mass is 16.2. The van der Waals surface area contributed by atoms with Gasteiger partial charge in [0, 0.05) is 7.05 Å². The van der Waals surface area contributed by atoms with Gasteiger partial charge in [0.25, 0.3) is 0 Å². The summed E-state index contributed by atoms with van der Waals surface area (Å²) < 4.78 is 0. The summed E-state index contributed by atoms with van der Waals surface area (Å²) in [5.41, 5.74) is 0.414. The number of imide groups is 1. The number of hydrogen-bond donors (Lipinski definition) is 0. The van der Waals surface area contributed by atoms with Crippen molar-refractivity contribution in [3.05, 3.63) is 30.3 Å². The molecule has 16 heavy (non-hydrogen) atoms. The Bertz CT molecular complexity index is 456. The molecule has 0 N–H and O–H groups in total. The maximum absolute atomic E-state index is 11.8. The number of amides is 3. The van der Waals surface area contributed by atoms with Crippen molar-refractivity contribution in [1.82, 2.24) is 4.90 Å². The van der Waals surface area contributed by atoms with Crippen molar-refractivity contribution < 1.29 is 14.4 Å². The number of carbonyl (C=O) groups excluding carboxylic acids is 3. The number of benzene rings is 1. The van der Waals surface area contributed by atoms with Gasteiger partial charge in [-0.1, -0.05) is 18.2 Å². The van der Waals surface area contributed by atoms with Gasteiger partial charge < -0.3 is 4.90 Å². The summed E-state index contributed by atoms with van der Waals surface area (Å²) in [6.45, 7) is -0.152. The first kappa shape index (κ1) is 10.4. The van der Waals surface area contributed by atoms with Gasteiger partial charge in [-0.15, -0.1) is 0 Å². The molecule has 3 amide bonds. The summed E-state index contributed by atoms with van der Waals surface area (Å²) in [5.74, 6) is -1.35. The zero-order valence-corrected chi connectivity index (χ0v) is 8.71. The molecule has 0 spiro atoms. The first-order chi connectivity index (χ1) is 7.61. The zero-order chi connectivity index (χ0) is 11.7. The molecule has 0 saturated carbocycles. The van der Waals surface area contributed by atoms with Crippen LogP contribution in [0.15, 0.2) is 30.3 Å². The monoisotopic (exact) mass is 218 g/mol. The highest BCUT2D eigenvalue weighted by Gasteiger charge is 2.37. The summed E-state index contributed by atoms with van der Waals surface area (Å²) in [5, 5.41) is 0. The molecular formula is C11H10N2O3. The number of rotatable bonds is 1. The number of Topliss-reactive ketones (excluding diaryl/α,β-unsaturated/α-hetero) is 1. The quantitative estimate of drug-likeness (QED) is 0.650. The van der Waals surface area contributed by atoms with E-state index in [1.54, 1.807) is 30.3 Å². The molecule has 0 radical (unpaired) electrons. The van der Waals surface area contributed by atoms with E-state index in [1.807, 2.05) is 0 Å². The Morgan fingerprint density at radius 3 is 2.31 bits per heavy atom. The Morgan fingerprint density at radius 2 is 1.69 bits per heavy atom. The topological polar surface area (TPSA) is 57.7 Å². The molecule has 5 nitrogen and oxygen atoms in total. The van der Waals surface area contributed by atoms with Crippen molar-refractivity contribution in [3.63, 3.8) is 0 Å². The fourth-order valence-electron chi connectivity index (χ4n) is 1.54. The SMILES string of the molecule is CN1CC(=O)C(=O)N(c2ccccc2)C1=O. The van der Waals surface area contributed by atoms with Crippen LogP contribution in [0.2, 0.25) is 0 Å². The Kier molecular flexibility index (Phi) is 2.44. The van der Waals surface area contributed by atoms with Gasteiger partial charge >= 0.3 is 11.9 Å². The van der Waals surface area contributed by atoms with Gasteiger partial charge in [0.2, 0.25) is 5.78 Å². The van der Waals surface area contributed by atoms with Gasteiger partial charge in [0.05, 0.1) is 12.2 Å². The van der Waals surface area contributed by atoms with E-state index in [-0.39, 0.29) is 6.54 Å². The summed E-state index contributed by atoms with van der Waals surface area (Å²) >= 11 is 0. The molecule has 0 unspecified atom stereocenters. The maximum atomic E-state index is 11.8. The van der Waals surface area contributed by atoms with Crippen LogP contribution in [0.3, 0.4) is 0 Å². The number of hydrogen-bond acceptors (Lipinski definition) is 3. The van der Waals surface area contributed by atoms with Crippen LogP contribution in [0.5, 0.6) is 0 Å². The summed E-state index contributed by atoms with van der Waals surface area (Å²) in [7, 11) is 1.49. The third-order valence-electron chi connectivity index (χ3n) is 2.35. The van der Waals surface area contributed by atoms with E-state index in [0.29, 0.717) is 5.69 Å². The predicted molar refractivity (Wildman–Crippen MR) is 57.0 cm³/mol. The number of anilines is 1. The van der Waals surface area contributed by atoms with Gasteiger partial charge in [0.15, 0.2) is 0 Å². The van der Waals surface area contributed by atoms with E-state index >= 15 is 0 Å². The third-order valence-corrected chi connectivity index (χ3v) is 2.35. The largest absolute Gasteiger partial charge is 0.331 e. The van der Waals surface area contributed by atoms with Crippen molar-refractivity contribution in [2.75, 3.05) is 18.5 Å². The van der Waals surface area contributed by atoms with Crippen LogP contribution in [0.1, 0.15) is 0 Å². The van der Waals surface area contributed by atoms with Crippen molar-refractivity contribution in [3.8, 4) is 0 Å². The lowest BCUT2D eigenvalue weighted by Gasteiger charge is -2.30. The maximum Gasteiger partial charge on any atom is 0.331 e. The van der Waals surface area contributed by atoms with E-state index in [0.717, 1.165) is 4.90 Å². The van der Waals surface area contributed by atoms with Crippen LogP contribution in [0, 0.1) is 0 Å². The first-order valence-electron chi connectivity index (χ1n) is 4.78. The minimum absolute atomic E-state index is 0.152. The lowest BCUT2D eigenvalue weighted by Crippen LogP contribution is -2.56. The highest BCUT2D eigenvalue weighted by molar-refractivity contribution is 6.48. The van der Waals surface area contributed by atoms with Crippen molar-refractivity contribution in [2.45, 2.75) is 0 Å². The zero-order valence-electron chi connectivity index (χ0n) is 8.71. The lowest BCUT2D eigenvalue weighted by molar-refractivity contribution is -0.137. The number of para-hydroxylation sites is 1. The molecule has 1 saturated heterocycles. The predicted octanol–water partition coefficient (Wildman–Crippen LogP) is 0.654. The second-order valence-electron chi connectivity index (χ2n) is 3.54. The van der Waals surface area contributed by atoms with Crippen LogP contribution in [0.4, 0.5) is 10.5 Å². The van der Waals surface area contributed by atoms with E-state index in [4.69, 9.17) is 0 Å². The Labute approximate surface area is 92.3 Å². The molecular weight excluding hydrogens is 208 g/mol. The molecule has 1 aromatic rings. The third kappa shape index (κ3) is 1.56. The van der Waals surface area contributed by atoms with Gasteiger partial charge in [-0.2, -0.15) is 0 Å². The standard InChI is InChI=1S/C11H10N2O3/c1-12-7-9(14)10(15)13(11(12)16)8-5-3-2-4-6-8/h2-6H,7H2,1H3. The average molecular weight is 218 g/mol. The van der Waals surface area contributed by atoms with Crippen molar-refractivity contribution in [2.24, 2.45) is 0 Å². The smallest absolute Gasteiger partial charge is 0.319 e. The number of nitrogens with zero attached hydrogens (tertiary/aromatic N) is 2. The molecule has 0 atom stereocenters. The van der Waals surface area contributed by atoms with Crippen molar-refractivity contribution in [1.29, 1.82) is 0 Å². The average Bonchev–Trinajstić information content (AvgIpc) is 2.28. The van der Waals surface area contributed by atoms with Crippen molar-refractivity contribution >= 4 is 23.4 Å².